The third kappa shape index (κ3) is 6.13. The van der Waals surface area contributed by atoms with Gasteiger partial charge in [0.1, 0.15) is 6.61 Å². The van der Waals surface area contributed by atoms with Crippen LogP contribution in [0.4, 0.5) is 10.5 Å². The SMILES string of the molecule is CCOc1cc(/C=C2/SC(=O)N(Cc3cccc([N+](=O)[O-])c3)C2=O)ccc1OCc1ccc(Br)cc1. The van der Waals surface area contributed by atoms with Crippen LogP contribution >= 0.6 is 27.7 Å². The summed E-state index contributed by atoms with van der Waals surface area (Å²) >= 11 is 4.24. The summed E-state index contributed by atoms with van der Waals surface area (Å²) in [7, 11) is 0. The fourth-order valence-corrected chi connectivity index (χ4v) is 4.58. The molecule has 1 heterocycles. The molecule has 0 saturated carbocycles. The molecule has 0 unspecified atom stereocenters. The van der Waals surface area contributed by atoms with Gasteiger partial charge in [0.15, 0.2) is 11.5 Å². The lowest BCUT2D eigenvalue weighted by atomic mass is 10.1. The zero-order valence-corrected chi connectivity index (χ0v) is 21.6. The molecule has 4 rings (SSSR count). The highest BCUT2D eigenvalue weighted by molar-refractivity contribution is 9.10. The van der Waals surface area contributed by atoms with Crippen molar-refractivity contribution in [3.8, 4) is 11.5 Å². The molecule has 0 bridgehead atoms. The molecule has 3 aromatic carbocycles. The number of ether oxygens (including phenoxy) is 2. The van der Waals surface area contributed by atoms with Crippen LogP contribution in [-0.2, 0) is 17.9 Å². The first-order valence-corrected chi connectivity index (χ1v) is 12.6. The maximum absolute atomic E-state index is 12.9. The van der Waals surface area contributed by atoms with Gasteiger partial charge in [0, 0.05) is 16.6 Å². The lowest BCUT2D eigenvalue weighted by molar-refractivity contribution is -0.384. The molecule has 0 aromatic heterocycles. The number of benzene rings is 3. The van der Waals surface area contributed by atoms with Gasteiger partial charge in [0.25, 0.3) is 16.8 Å². The predicted molar refractivity (Wildman–Crippen MR) is 141 cm³/mol. The van der Waals surface area contributed by atoms with E-state index in [0.717, 1.165) is 26.7 Å². The fraction of sp³-hybridized carbons (Fsp3) is 0.154. The van der Waals surface area contributed by atoms with E-state index in [0.29, 0.717) is 35.8 Å². The summed E-state index contributed by atoms with van der Waals surface area (Å²) in [5.74, 6) is 0.639. The zero-order valence-electron chi connectivity index (χ0n) is 19.2. The number of non-ortho nitro benzene ring substituents is 1. The topological polar surface area (TPSA) is 99.0 Å². The number of rotatable bonds is 9. The van der Waals surface area contributed by atoms with Gasteiger partial charge in [-0.15, -0.1) is 0 Å². The summed E-state index contributed by atoms with van der Waals surface area (Å²) in [6, 6.07) is 19.0. The monoisotopic (exact) mass is 568 g/mol. The maximum Gasteiger partial charge on any atom is 0.293 e. The lowest BCUT2D eigenvalue weighted by Crippen LogP contribution is -2.27. The number of nitro groups is 1. The Morgan fingerprint density at radius 1 is 1.00 bits per heavy atom. The normalized spacial score (nSPS) is 14.4. The second-order valence-corrected chi connectivity index (χ2v) is 9.66. The van der Waals surface area contributed by atoms with Crippen molar-refractivity contribution in [1.82, 2.24) is 4.90 Å². The Hall–Kier alpha value is -3.63. The molecule has 1 aliphatic rings. The number of nitrogens with zero attached hydrogens (tertiary/aromatic N) is 2. The number of carbonyl (C=O) groups excluding carboxylic acids is 2. The van der Waals surface area contributed by atoms with Crippen molar-refractivity contribution in [2.24, 2.45) is 0 Å². The fourth-order valence-electron chi connectivity index (χ4n) is 3.48. The minimum absolute atomic E-state index is 0.0449. The van der Waals surface area contributed by atoms with Crippen LogP contribution in [0.3, 0.4) is 0 Å². The van der Waals surface area contributed by atoms with E-state index in [9.17, 15) is 19.7 Å². The highest BCUT2D eigenvalue weighted by Crippen LogP contribution is 2.36. The van der Waals surface area contributed by atoms with E-state index in [1.165, 1.54) is 18.2 Å². The quantitative estimate of drug-likeness (QED) is 0.163. The highest BCUT2D eigenvalue weighted by atomic mass is 79.9. The standard InChI is InChI=1S/C26H21BrN2O6S/c1-2-34-23-13-18(8-11-22(23)35-16-17-6-9-20(27)10-7-17)14-24-25(30)28(26(31)36-24)15-19-4-3-5-21(12-19)29(32)33/h3-14H,2,15-16H2,1H3/b24-14+. The van der Waals surface area contributed by atoms with Gasteiger partial charge in [-0.3, -0.25) is 24.6 Å². The molecule has 3 aromatic rings. The van der Waals surface area contributed by atoms with E-state index in [-0.39, 0.29) is 17.1 Å². The van der Waals surface area contributed by atoms with Gasteiger partial charge in [0.2, 0.25) is 0 Å². The molecule has 1 fully saturated rings. The average molecular weight is 569 g/mol. The van der Waals surface area contributed by atoms with E-state index in [1.807, 2.05) is 31.2 Å². The molecule has 1 saturated heterocycles. The molecule has 0 spiro atoms. The Balaban J connectivity index is 1.50. The third-order valence-corrected chi connectivity index (χ3v) is 6.64. The molecule has 2 amide bonds. The van der Waals surface area contributed by atoms with Crippen molar-refractivity contribution in [1.29, 1.82) is 0 Å². The van der Waals surface area contributed by atoms with Crippen molar-refractivity contribution >= 4 is 50.6 Å². The molecule has 0 radical (unpaired) electrons. The highest BCUT2D eigenvalue weighted by Gasteiger charge is 2.35. The number of hydrogen-bond acceptors (Lipinski definition) is 7. The molecular formula is C26H21BrN2O6S. The van der Waals surface area contributed by atoms with E-state index >= 15 is 0 Å². The van der Waals surface area contributed by atoms with E-state index < -0.39 is 16.1 Å². The predicted octanol–water partition coefficient (Wildman–Crippen LogP) is 6.57. The second-order valence-electron chi connectivity index (χ2n) is 7.75. The third-order valence-electron chi connectivity index (χ3n) is 5.21. The molecular weight excluding hydrogens is 548 g/mol. The Bertz CT molecular complexity index is 1340. The maximum atomic E-state index is 12.9. The smallest absolute Gasteiger partial charge is 0.293 e. The van der Waals surface area contributed by atoms with E-state index in [4.69, 9.17) is 9.47 Å². The van der Waals surface area contributed by atoms with E-state index in [2.05, 4.69) is 15.9 Å². The van der Waals surface area contributed by atoms with Crippen LogP contribution in [0.15, 0.2) is 76.1 Å². The van der Waals surface area contributed by atoms with Gasteiger partial charge in [0.05, 0.1) is 23.0 Å². The summed E-state index contributed by atoms with van der Waals surface area (Å²) in [6.07, 6.45) is 1.62. The molecule has 8 nitrogen and oxygen atoms in total. The van der Waals surface area contributed by atoms with Crippen molar-refractivity contribution in [3.05, 3.63) is 103 Å². The van der Waals surface area contributed by atoms with Gasteiger partial charge in [-0.1, -0.05) is 46.3 Å². The van der Waals surface area contributed by atoms with Crippen molar-refractivity contribution in [2.45, 2.75) is 20.1 Å². The summed E-state index contributed by atoms with van der Waals surface area (Å²) in [6.45, 7) is 2.61. The van der Waals surface area contributed by atoms with Crippen LogP contribution < -0.4 is 9.47 Å². The number of amides is 2. The largest absolute Gasteiger partial charge is 0.490 e. The summed E-state index contributed by atoms with van der Waals surface area (Å²) < 4.78 is 12.7. The van der Waals surface area contributed by atoms with Gasteiger partial charge < -0.3 is 9.47 Å². The van der Waals surface area contributed by atoms with Gasteiger partial charge >= 0.3 is 0 Å². The molecule has 184 valence electrons. The number of thioether (sulfide) groups is 1. The van der Waals surface area contributed by atoms with Gasteiger partial charge in [-0.2, -0.15) is 0 Å². The number of nitro benzene ring substituents is 1. The average Bonchev–Trinajstić information content (AvgIpc) is 3.12. The molecule has 0 N–H and O–H groups in total. The minimum Gasteiger partial charge on any atom is -0.490 e. The van der Waals surface area contributed by atoms with Crippen LogP contribution in [0.1, 0.15) is 23.6 Å². The lowest BCUT2D eigenvalue weighted by Gasteiger charge is -2.13. The van der Waals surface area contributed by atoms with Crippen molar-refractivity contribution in [2.75, 3.05) is 6.61 Å². The summed E-state index contributed by atoms with van der Waals surface area (Å²) in [5.41, 5.74) is 2.08. The Morgan fingerprint density at radius 2 is 1.78 bits per heavy atom. The molecule has 0 atom stereocenters. The minimum atomic E-state index is -0.514. The first-order valence-electron chi connectivity index (χ1n) is 11.0. The van der Waals surface area contributed by atoms with Crippen LogP contribution in [0, 0.1) is 10.1 Å². The summed E-state index contributed by atoms with van der Waals surface area (Å²) in [5, 5.41) is 10.6. The molecule has 1 aliphatic heterocycles. The van der Waals surface area contributed by atoms with Crippen LogP contribution in [-0.4, -0.2) is 27.6 Å². The van der Waals surface area contributed by atoms with E-state index in [1.54, 1.807) is 30.3 Å². The van der Waals surface area contributed by atoms with Crippen LogP contribution in [0.25, 0.3) is 6.08 Å². The Labute approximate surface area is 220 Å². The second kappa shape index (κ2) is 11.4. The number of hydrogen-bond donors (Lipinski definition) is 0. The first kappa shape index (κ1) is 25.5. The first-order chi connectivity index (χ1) is 17.3. The molecule has 0 aliphatic carbocycles. The van der Waals surface area contributed by atoms with Crippen LogP contribution in [0.5, 0.6) is 11.5 Å². The zero-order chi connectivity index (χ0) is 25.7. The number of imide groups is 1. The van der Waals surface area contributed by atoms with Crippen molar-refractivity contribution < 1.29 is 24.0 Å². The van der Waals surface area contributed by atoms with Crippen molar-refractivity contribution in [3.63, 3.8) is 0 Å². The Kier molecular flexibility index (Phi) is 8.07. The molecule has 36 heavy (non-hydrogen) atoms. The summed E-state index contributed by atoms with van der Waals surface area (Å²) in [4.78, 5) is 37.3. The number of halogens is 1. The number of carbonyl (C=O) groups is 2. The van der Waals surface area contributed by atoms with Gasteiger partial charge in [-0.05, 0) is 65.7 Å². The van der Waals surface area contributed by atoms with Crippen LogP contribution in [0.2, 0.25) is 0 Å². The molecule has 10 heteroatoms. The Morgan fingerprint density at radius 3 is 2.50 bits per heavy atom. The van der Waals surface area contributed by atoms with Gasteiger partial charge in [-0.25, -0.2) is 0 Å².